The highest BCUT2D eigenvalue weighted by Crippen LogP contribution is 2.17. The Kier molecular flexibility index (Phi) is 5.26. The standard InChI is InChI=1S/C14H16N6O9S/c21-9-3-7(15-4-10(9)22)5-18-1-2-20(14(18)27)30(28,29)17-12(24)19-6-8(11(19)23)16-13(25)26/h3-4,8,16,22H,1-2,5-6H2,(H,15,21)(H,17,24)(H,25,26)/t8-/m0/s1. The van der Waals surface area contributed by atoms with Gasteiger partial charge in [0.2, 0.25) is 5.43 Å². The second kappa shape index (κ2) is 7.54. The molecule has 1 atom stereocenters. The summed E-state index contributed by atoms with van der Waals surface area (Å²) in [7, 11) is -4.63. The largest absolute Gasteiger partial charge is 0.503 e. The molecule has 0 aliphatic carbocycles. The minimum absolute atomic E-state index is 0.0376. The Balaban J connectivity index is 1.61. The van der Waals surface area contributed by atoms with Crippen molar-refractivity contribution in [2.45, 2.75) is 12.6 Å². The van der Waals surface area contributed by atoms with Crippen molar-refractivity contribution in [3.63, 3.8) is 0 Å². The molecule has 3 rings (SSSR count). The van der Waals surface area contributed by atoms with Gasteiger partial charge in [0.1, 0.15) is 6.04 Å². The van der Waals surface area contributed by atoms with Crippen LogP contribution in [0.15, 0.2) is 17.1 Å². The number of nitrogens with zero attached hydrogens (tertiary/aromatic N) is 3. The summed E-state index contributed by atoms with van der Waals surface area (Å²) in [6, 6.07) is -2.40. The van der Waals surface area contributed by atoms with E-state index >= 15 is 0 Å². The number of carbonyl (C=O) groups excluding carboxylic acids is 3. The predicted octanol–water partition coefficient (Wildman–Crippen LogP) is -2.25. The third-order valence-corrected chi connectivity index (χ3v) is 5.70. The minimum Gasteiger partial charge on any atom is -0.503 e. The molecular formula is C14H16N6O9S. The summed E-state index contributed by atoms with van der Waals surface area (Å²) >= 11 is 0. The summed E-state index contributed by atoms with van der Waals surface area (Å²) in [5.41, 5.74) is -0.431. The van der Waals surface area contributed by atoms with E-state index in [2.05, 4.69) is 4.98 Å². The third kappa shape index (κ3) is 3.97. The fourth-order valence-electron chi connectivity index (χ4n) is 2.82. The number of hydrogen-bond acceptors (Lipinski definition) is 8. The second-order valence-corrected chi connectivity index (χ2v) is 7.94. The number of pyridine rings is 1. The number of urea groups is 2. The van der Waals surface area contributed by atoms with E-state index in [1.165, 1.54) is 0 Å². The molecule has 30 heavy (non-hydrogen) atoms. The van der Waals surface area contributed by atoms with Gasteiger partial charge in [-0.25, -0.2) is 23.4 Å². The van der Waals surface area contributed by atoms with E-state index in [0.29, 0.717) is 9.21 Å². The molecule has 0 spiro atoms. The van der Waals surface area contributed by atoms with Crippen molar-refractivity contribution in [1.82, 2.24) is 29.1 Å². The van der Waals surface area contributed by atoms with Gasteiger partial charge < -0.3 is 25.4 Å². The molecule has 5 N–H and O–H groups in total. The SMILES string of the molecule is O=C(O)N[C@H]1CN(C(=O)NS(=O)(=O)N2CCN(Cc3cc(=O)c(O)c[nH]3)C2=O)C1=O. The zero-order valence-electron chi connectivity index (χ0n) is 15.1. The van der Waals surface area contributed by atoms with E-state index in [1.54, 1.807) is 4.72 Å². The Bertz CT molecular complexity index is 1080. The summed E-state index contributed by atoms with van der Waals surface area (Å²) < 4.78 is 26.7. The molecule has 1 aromatic heterocycles. The van der Waals surface area contributed by atoms with Crippen LogP contribution < -0.4 is 15.5 Å². The first-order chi connectivity index (χ1) is 14.0. The van der Waals surface area contributed by atoms with Gasteiger partial charge in [-0.1, -0.05) is 0 Å². The van der Waals surface area contributed by atoms with Gasteiger partial charge in [0.25, 0.3) is 5.91 Å². The molecule has 0 radical (unpaired) electrons. The van der Waals surface area contributed by atoms with Gasteiger partial charge in [-0.3, -0.25) is 14.5 Å². The minimum atomic E-state index is -4.63. The number of likely N-dealkylation sites (tertiary alicyclic amines) is 1. The average molecular weight is 444 g/mol. The highest BCUT2D eigenvalue weighted by molar-refractivity contribution is 7.88. The molecule has 0 aromatic carbocycles. The van der Waals surface area contributed by atoms with Crippen molar-refractivity contribution in [1.29, 1.82) is 0 Å². The van der Waals surface area contributed by atoms with Crippen LogP contribution in [-0.4, -0.2) is 87.5 Å². The summed E-state index contributed by atoms with van der Waals surface area (Å²) in [5.74, 6) is -1.45. The third-order valence-electron chi connectivity index (χ3n) is 4.35. The first kappa shape index (κ1) is 20.9. The number of β-lactam (4-membered cyclic amide) rings is 1. The number of aromatic hydroxyl groups is 1. The first-order valence-corrected chi connectivity index (χ1v) is 9.78. The normalized spacial score (nSPS) is 18.9. The lowest BCUT2D eigenvalue weighted by atomic mass is 10.1. The Labute approximate surface area is 168 Å². The molecule has 2 saturated heterocycles. The van der Waals surface area contributed by atoms with Crippen molar-refractivity contribution in [2.24, 2.45) is 0 Å². The Hall–Kier alpha value is -3.82. The van der Waals surface area contributed by atoms with Crippen LogP contribution in [0.2, 0.25) is 0 Å². The predicted molar refractivity (Wildman–Crippen MR) is 95.4 cm³/mol. The number of H-pyrrole nitrogens is 1. The molecular weight excluding hydrogens is 428 g/mol. The number of rotatable bonds is 5. The first-order valence-electron chi connectivity index (χ1n) is 8.34. The molecule has 15 nitrogen and oxygen atoms in total. The lowest BCUT2D eigenvalue weighted by Crippen LogP contribution is -2.67. The molecule has 6 amide bonds. The number of amides is 6. The van der Waals surface area contributed by atoms with Crippen LogP contribution in [0.1, 0.15) is 5.69 Å². The summed E-state index contributed by atoms with van der Waals surface area (Å²) in [5, 5.41) is 19.6. The summed E-state index contributed by atoms with van der Waals surface area (Å²) in [4.78, 5) is 62.3. The van der Waals surface area contributed by atoms with Gasteiger partial charge in [0.15, 0.2) is 5.75 Å². The van der Waals surface area contributed by atoms with Gasteiger partial charge in [-0.05, 0) is 0 Å². The fourth-order valence-corrected chi connectivity index (χ4v) is 3.90. The Morgan fingerprint density at radius 1 is 1.23 bits per heavy atom. The van der Waals surface area contributed by atoms with Crippen molar-refractivity contribution in [3.05, 3.63) is 28.2 Å². The number of carbonyl (C=O) groups is 4. The number of aromatic amines is 1. The smallest absolute Gasteiger partial charge is 0.405 e. The Morgan fingerprint density at radius 2 is 1.93 bits per heavy atom. The fraction of sp³-hybridized carbons (Fsp3) is 0.357. The summed E-state index contributed by atoms with van der Waals surface area (Å²) in [6.07, 6.45) is -0.442. The molecule has 0 unspecified atom stereocenters. The Morgan fingerprint density at radius 3 is 2.53 bits per heavy atom. The van der Waals surface area contributed by atoms with E-state index < -0.39 is 51.5 Å². The van der Waals surface area contributed by atoms with Crippen LogP contribution in [0.3, 0.4) is 0 Å². The zero-order valence-corrected chi connectivity index (χ0v) is 15.9. The molecule has 16 heteroatoms. The molecule has 1 aromatic rings. The van der Waals surface area contributed by atoms with E-state index in [-0.39, 0.29) is 31.9 Å². The molecule has 3 heterocycles. The highest BCUT2D eigenvalue weighted by Gasteiger charge is 2.45. The van der Waals surface area contributed by atoms with Gasteiger partial charge >= 0.3 is 28.4 Å². The number of imide groups is 1. The van der Waals surface area contributed by atoms with Crippen LogP contribution in [0.5, 0.6) is 5.75 Å². The molecule has 0 saturated carbocycles. The number of aromatic nitrogens is 1. The number of hydrogen-bond donors (Lipinski definition) is 5. The maximum Gasteiger partial charge on any atom is 0.405 e. The van der Waals surface area contributed by atoms with Crippen molar-refractivity contribution >= 4 is 34.3 Å². The average Bonchev–Trinajstić information content (AvgIpc) is 3.01. The molecule has 2 fully saturated rings. The lowest BCUT2D eigenvalue weighted by molar-refractivity contribution is -0.138. The van der Waals surface area contributed by atoms with Gasteiger partial charge in [-0.2, -0.15) is 8.42 Å². The lowest BCUT2D eigenvalue weighted by Gasteiger charge is -2.36. The maximum absolute atomic E-state index is 12.4. The van der Waals surface area contributed by atoms with E-state index in [0.717, 1.165) is 17.2 Å². The van der Waals surface area contributed by atoms with Crippen LogP contribution in [0, 0.1) is 0 Å². The van der Waals surface area contributed by atoms with Gasteiger partial charge in [0.05, 0.1) is 19.6 Å². The van der Waals surface area contributed by atoms with Crippen LogP contribution in [0.25, 0.3) is 0 Å². The topological polar surface area (TPSA) is 210 Å². The van der Waals surface area contributed by atoms with Crippen molar-refractivity contribution in [3.8, 4) is 5.75 Å². The maximum atomic E-state index is 12.4. The number of nitrogens with one attached hydrogen (secondary N) is 3. The van der Waals surface area contributed by atoms with E-state index in [4.69, 9.17) is 5.11 Å². The second-order valence-electron chi connectivity index (χ2n) is 6.35. The van der Waals surface area contributed by atoms with Crippen molar-refractivity contribution in [2.75, 3.05) is 19.6 Å². The van der Waals surface area contributed by atoms with Crippen LogP contribution in [-0.2, 0) is 21.5 Å². The van der Waals surface area contributed by atoms with E-state index in [9.17, 15) is 37.5 Å². The molecule has 2 aliphatic heterocycles. The number of carboxylic acid groups (broad SMARTS) is 1. The molecule has 2 aliphatic rings. The highest BCUT2D eigenvalue weighted by atomic mass is 32.2. The van der Waals surface area contributed by atoms with E-state index in [1.807, 2.05) is 5.32 Å². The van der Waals surface area contributed by atoms with Gasteiger partial charge in [-0.15, -0.1) is 0 Å². The zero-order chi connectivity index (χ0) is 22.2. The van der Waals surface area contributed by atoms with Crippen LogP contribution in [0.4, 0.5) is 14.4 Å². The van der Waals surface area contributed by atoms with Gasteiger partial charge in [0, 0.05) is 24.5 Å². The quantitative estimate of drug-likeness (QED) is 0.310. The molecule has 162 valence electrons. The molecule has 0 bridgehead atoms. The van der Waals surface area contributed by atoms with Crippen LogP contribution >= 0.6 is 0 Å². The summed E-state index contributed by atoms with van der Waals surface area (Å²) in [6.45, 7) is -0.840. The van der Waals surface area contributed by atoms with Crippen molar-refractivity contribution < 1.29 is 37.8 Å². The monoisotopic (exact) mass is 444 g/mol.